The summed E-state index contributed by atoms with van der Waals surface area (Å²) in [4.78, 5) is 11.5. The summed E-state index contributed by atoms with van der Waals surface area (Å²) in [5, 5.41) is 1.09. The molecular weight excluding hydrogens is 316 g/mol. The second kappa shape index (κ2) is 16.7. The molecule has 0 rings (SSSR count). The van der Waals surface area contributed by atoms with Crippen LogP contribution < -0.4 is 0 Å². The first-order chi connectivity index (χ1) is 9.81. The summed E-state index contributed by atoms with van der Waals surface area (Å²) in [6, 6.07) is 0. The van der Waals surface area contributed by atoms with E-state index in [1.807, 2.05) is 0 Å². The Labute approximate surface area is 133 Å². The zero-order valence-electron chi connectivity index (χ0n) is 13.0. The maximum atomic E-state index is 11.5. The number of alkyl halides is 1. The van der Waals surface area contributed by atoms with Crippen molar-refractivity contribution in [2.45, 2.75) is 77.6 Å². The first-order valence-electron chi connectivity index (χ1n) is 8.17. The lowest BCUT2D eigenvalue weighted by Gasteiger charge is -2.04. The van der Waals surface area contributed by atoms with Crippen molar-refractivity contribution in [1.82, 2.24) is 0 Å². The van der Waals surface area contributed by atoms with Crippen LogP contribution in [0.15, 0.2) is 12.2 Å². The molecule has 0 N–H and O–H groups in total. The highest BCUT2D eigenvalue weighted by atomic mass is 79.9. The molecule has 0 aliphatic carbocycles. The van der Waals surface area contributed by atoms with Crippen molar-refractivity contribution in [2.24, 2.45) is 0 Å². The van der Waals surface area contributed by atoms with Crippen LogP contribution in [-0.4, -0.2) is 17.9 Å². The van der Waals surface area contributed by atoms with Crippen LogP contribution >= 0.6 is 15.9 Å². The van der Waals surface area contributed by atoms with Crippen LogP contribution in [0.4, 0.5) is 0 Å². The van der Waals surface area contributed by atoms with E-state index < -0.39 is 0 Å². The zero-order valence-corrected chi connectivity index (χ0v) is 14.6. The Morgan fingerprint density at radius 1 is 0.950 bits per heavy atom. The molecule has 0 atom stereocenters. The predicted octanol–water partition coefficient (Wildman–Crippen LogP) is 5.79. The van der Waals surface area contributed by atoms with Crippen molar-refractivity contribution in [3.05, 3.63) is 12.2 Å². The standard InChI is InChI=1S/C17H31BrO2/c1-2-3-4-5-6-10-13-16-20-17(19)14-11-8-7-9-12-15-18/h3-4H,2,5-16H2,1H3. The Kier molecular flexibility index (Phi) is 16.5. The van der Waals surface area contributed by atoms with E-state index >= 15 is 0 Å². The summed E-state index contributed by atoms with van der Waals surface area (Å²) in [7, 11) is 0. The molecule has 0 saturated carbocycles. The molecule has 0 bridgehead atoms. The lowest BCUT2D eigenvalue weighted by molar-refractivity contribution is -0.143. The van der Waals surface area contributed by atoms with E-state index in [1.54, 1.807) is 0 Å². The van der Waals surface area contributed by atoms with Crippen LogP contribution in [0.1, 0.15) is 77.6 Å². The van der Waals surface area contributed by atoms with Crippen LogP contribution in [-0.2, 0) is 9.53 Å². The van der Waals surface area contributed by atoms with Gasteiger partial charge in [-0.2, -0.15) is 0 Å². The van der Waals surface area contributed by atoms with Crippen LogP contribution in [0, 0.1) is 0 Å². The highest BCUT2D eigenvalue weighted by molar-refractivity contribution is 9.09. The molecule has 0 unspecified atom stereocenters. The fourth-order valence-electron chi connectivity index (χ4n) is 1.98. The predicted molar refractivity (Wildman–Crippen MR) is 90.4 cm³/mol. The Hall–Kier alpha value is -0.310. The van der Waals surface area contributed by atoms with Gasteiger partial charge in [0.15, 0.2) is 0 Å². The van der Waals surface area contributed by atoms with E-state index in [0.717, 1.165) is 43.9 Å². The minimum absolute atomic E-state index is 0.0172. The van der Waals surface area contributed by atoms with Crippen molar-refractivity contribution in [2.75, 3.05) is 11.9 Å². The number of halogens is 1. The topological polar surface area (TPSA) is 26.3 Å². The third-order valence-electron chi connectivity index (χ3n) is 3.20. The normalized spacial score (nSPS) is 11.1. The number of carbonyl (C=O) groups is 1. The molecule has 3 heteroatoms. The van der Waals surface area contributed by atoms with Crippen molar-refractivity contribution in [3.8, 4) is 0 Å². The number of rotatable bonds is 14. The molecule has 0 heterocycles. The van der Waals surface area contributed by atoms with Gasteiger partial charge in [0, 0.05) is 11.8 Å². The average Bonchev–Trinajstić information content (AvgIpc) is 2.45. The van der Waals surface area contributed by atoms with Gasteiger partial charge < -0.3 is 4.74 Å². The van der Waals surface area contributed by atoms with Crippen molar-refractivity contribution < 1.29 is 9.53 Å². The molecule has 0 amide bonds. The lowest BCUT2D eigenvalue weighted by Crippen LogP contribution is -2.05. The monoisotopic (exact) mass is 346 g/mol. The van der Waals surface area contributed by atoms with Gasteiger partial charge in [-0.15, -0.1) is 0 Å². The Balaban J connectivity index is 3.18. The molecule has 0 spiro atoms. The van der Waals surface area contributed by atoms with Gasteiger partial charge in [-0.05, 0) is 44.9 Å². The van der Waals surface area contributed by atoms with Crippen LogP contribution in [0.25, 0.3) is 0 Å². The van der Waals surface area contributed by atoms with Gasteiger partial charge in [-0.25, -0.2) is 0 Å². The fraction of sp³-hybridized carbons (Fsp3) is 0.824. The number of ether oxygens (including phenoxy) is 1. The minimum atomic E-state index is -0.0172. The van der Waals surface area contributed by atoms with E-state index in [2.05, 4.69) is 35.0 Å². The second-order valence-corrected chi connectivity index (χ2v) is 5.95. The van der Waals surface area contributed by atoms with Crippen molar-refractivity contribution >= 4 is 21.9 Å². The molecule has 0 aromatic carbocycles. The van der Waals surface area contributed by atoms with Gasteiger partial charge in [0.2, 0.25) is 0 Å². The molecule has 20 heavy (non-hydrogen) atoms. The first-order valence-corrected chi connectivity index (χ1v) is 9.30. The van der Waals surface area contributed by atoms with Gasteiger partial charge in [0.1, 0.15) is 0 Å². The summed E-state index contributed by atoms with van der Waals surface area (Å²) in [6.45, 7) is 2.75. The molecule has 0 aromatic heterocycles. The summed E-state index contributed by atoms with van der Waals surface area (Å²) >= 11 is 3.42. The van der Waals surface area contributed by atoms with E-state index in [1.165, 1.54) is 25.7 Å². The second-order valence-electron chi connectivity index (χ2n) is 5.16. The molecule has 0 aliphatic rings. The molecule has 0 fully saturated rings. The number of allylic oxidation sites excluding steroid dienone is 2. The van der Waals surface area contributed by atoms with Crippen LogP contribution in [0.5, 0.6) is 0 Å². The molecular formula is C17H31BrO2. The van der Waals surface area contributed by atoms with Gasteiger partial charge in [0.25, 0.3) is 0 Å². The summed E-state index contributed by atoms with van der Waals surface area (Å²) in [5.41, 5.74) is 0. The van der Waals surface area contributed by atoms with E-state index in [9.17, 15) is 4.79 Å². The van der Waals surface area contributed by atoms with E-state index in [0.29, 0.717) is 13.0 Å². The molecule has 118 valence electrons. The van der Waals surface area contributed by atoms with E-state index in [4.69, 9.17) is 4.74 Å². The smallest absolute Gasteiger partial charge is 0.305 e. The van der Waals surface area contributed by atoms with Gasteiger partial charge in [-0.3, -0.25) is 4.79 Å². The quantitative estimate of drug-likeness (QED) is 0.172. The van der Waals surface area contributed by atoms with Crippen molar-refractivity contribution in [1.29, 1.82) is 0 Å². The fourth-order valence-corrected chi connectivity index (χ4v) is 2.37. The minimum Gasteiger partial charge on any atom is -0.466 e. The maximum absolute atomic E-state index is 11.5. The number of hydrogen-bond acceptors (Lipinski definition) is 2. The van der Waals surface area contributed by atoms with Crippen LogP contribution in [0.3, 0.4) is 0 Å². The molecule has 0 radical (unpaired) electrons. The zero-order chi connectivity index (χ0) is 14.9. The molecule has 0 aliphatic heterocycles. The first kappa shape index (κ1) is 19.7. The average molecular weight is 347 g/mol. The number of carbonyl (C=O) groups excluding carboxylic acids is 1. The third kappa shape index (κ3) is 15.7. The third-order valence-corrected chi connectivity index (χ3v) is 3.76. The van der Waals surface area contributed by atoms with E-state index in [-0.39, 0.29) is 5.97 Å². The Morgan fingerprint density at radius 2 is 1.65 bits per heavy atom. The summed E-state index contributed by atoms with van der Waals surface area (Å²) in [6.07, 6.45) is 16.5. The van der Waals surface area contributed by atoms with Gasteiger partial charge in [-0.1, -0.05) is 54.3 Å². The molecule has 2 nitrogen and oxygen atoms in total. The largest absolute Gasteiger partial charge is 0.466 e. The number of unbranched alkanes of at least 4 members (excludes halogenated alkanes) is 7. The van der Waals surface area contributed by atoms with Gasteiger partial charge in [0.05, 0.1) is 6.61 Å². The van der Waals surface area contributed by atoms with Crippen LogP contribution in [0.2, 0.25) is 0 Å². The number of hydrogen-bond donors (Lipinski definition) is 0. The summed E-state index contributed by atoms with van der Waals surface area (Å²) in [5.74, 6) is -0.0172. The Bertz CT molecular complexity index is 239. The highest BCUT2D eigenvalue weighted by Gasteiger charge is 2.02. The number of esters is 1. The lowest BCUT2D eigenvalue weighted by atomic mass is 10.1. The Morgan fingerprint density at radius 3 is 2.40 bits per heavy atom. The summed E-state index contributed by atoms with van der Waals surface area (Å²) < 4.78 is 5.23. The SMILES string of the molecule is CCC=CCCCCCOC(=O)CCCCCCCBr. The van der Waals surface area contributed by atoms with Crippen molar-refractivity contribution in [3.63, 3.8) is 0 Å². The van der Waals surface area contributed by atoms with Gasteiger partial charge >= 0.3 is 5.97 Å². The highest BCUT2D eigenvalue weighted by Crippen LogP contribution is 2.08. The maximum Gasteiger partial charge on any atom is 0.305 e. The molecule has 0 aromatic rings. The molecule has 0 saturated heterocycles.